The van der Waals surface area contributed by atoms with Crippen molar-refractivity contribution >= 4 is 15.9 Å². The van der Waals surface area contributed by atoms with Crippen LogP contribution in [-0.4, -0.2) is 26.6 Å². The molecule has 0 bridgehead atoms. The zero-order valence-corrected chi connectivity index (χ0v) is 12.1. The summed E-state index contributed by atoms with van der Waals surface area (Å²) in [5.41, 5.74) is 0. The van der Waals surface area contributed by atoms with E-state index in [1.807, 2.05) is 6.92 Å². The van der Waals surface area contributed by atoms with Crippen LogP contribution in [0, 0.1) is 23.7 Å². The molecule has 0 heterocycles. The maximum Gasteiger partial charge on any atom is 0.264 e. The second-order valence-corrected chi connectivity index (χ2v) is 7.56. The van der Waals surface area contributed by atoms with Crippen molar-refractivity contribution in [2.24, 2.45) is 23.7 Å². The lowest BCUT2D eigenvalue weighted by atomic mass is 9.81. The Labute approximate surface area is 109 Å². The smallest absolute Gasteiger partial charge is 0.264 e. The van der Waals surface area contributed by atoms with Crippen LogP contribution in [0.5, 0.6) is 0 Å². The lowest BCUT2D eigenvalue weighted by Gasteiger charge is -2.23. The average molecular weight is 274 g/mol. The van der Waals surface area contributed by atoms with Crippen molar-refractivity contribution in [2.45, 2.75) is 45.6 Å². The van der Waals surface area contributed by atoms with Crippen molar-refractivity contribution in [1.82, 2.24) is 0 Å². The molecule has 0 aromatic heterocycles. The molecule has 0 amide bonds. The fraction of sp³-hybridized carbons (Fsp3) is 0.923. The average Bonchev–Trinajstić information content (AvgIpc) is 2.46. The first kappa shape index (κ1) is 14.0. The molecule has 0 saturated heterocycles. The number of fused-ring (bicyclic) bond motifs is 1. The van der Waals surface area contributed by atoms with Crippen LogP contribution in [0.2, 0.25) is 0 Å². The van der Waals surface area contributed by atoms with Gasteiger partial charge in [-0.05, 0) is 37.0 Å². The lowest BCUT2D eigenvalue weighted by Crippen LogP contribution is -2.27. The van der Waals surface area contributed by atoms with Crippen LogP contribution in [0.25, 0.3) is 0 Å². The molecule has 0 radical (unpaired) electrons. The van der Waals surface area contributed by atoms with E-state index in [0.717, 1.165) is 19.1 Å². The molecule has 0 aromatic carbocycles. The first-order chi connectivity index (χ1) is 8.29. The highest BCUT2D eigenvalue weighted by molar-refractivity contribution is 7.86. The fourth-order valence-electron chi connectivity index (χ4n) is 3.70. The topological polar surface area (TPSA) is 60.4 Å². The predicted molar refractivity (Wildman–Crippen MR) is 68.5 cm³/mol. The summed E-state index contributed by atoms with van der Waals surface area (Å²) in [6.07, 6.45) is 4.13. The van der Waals surface area contributed by atoms with Crippen molar-refractivity contribution < 1.29 is 17.4 Å². The van der Waals surface area contributed by atoms with Gasteiger partial charge in [-0.3, -0.25) is 8.98 Å². The summed E-state index contributed by atoms with van der Waals surface area (Å²) in [6, 6.07) is 0. The minimum Gasteiger partial charge on any atom is -0.299 e. The minimum absolute atomic E-state index is 0.00532. The second kappa shape index (κ2) is 4.93. The highest BCUT2D eigenvalue weighted by atomic mass is 32.2. The summed E-state index contributed by atoms with van der Waals surface area (Å²) < 4.78 is 27.7. The number of ketones is 1. The van der Waals surface area contributed by atoms with Gasteiger partial charge in [0, 0.05) is 12.3 Å². The van der Waals surface area contributed by atoms with Crippen LogP contribution in [0.4, 0.5) is 0 Å². The van der Waals surface area contributed by atoms with E-state index >= 15 is 0 Å². The molecule has 5 atom stereocenters. The van der Waals surface area contributed by atoms with Gasteiger partial charge in [-0.2, -0.15) is 8.42 Å². The summed E-state index contributed by atoms with van der Waals surface area (Å²) in [7, 11) is -3.44. The highest BCUT2D eigenvalue weighted by Gasteiger charge is 2.48. The molecule has 18 heavy (non-hydrogen) atoms. The normalized spacial score (nSPS) is 41.5. The van der Waals surface area contributed by atoms with Gasteiger partial charge in [0.15, 0.2) is 0 Å². The Balaban J connectivity index is 2.20. The van der Waals surface area contributed by atoms with Gasteiger partial charge in [-0.15, -0.1) is 0 Å². The van der Waals surface area contributed by atoms with Gasteiger partial charge in [-0.25, -0.2) is 0 Å². The first-order valence-corrected chi connectivity index (χ1v) is 8.52. The summed E-state index contributed by atoms with van der Waals surface area (Å²) in [5.74, 6) is 1.09. The number of carbonyl (C=O) groups is 1. The molecule has 0 unspecified atom stereocenters. The summed E-state index contributed by atoms with van der Waals surface area (Å²) in [4.78, 5) is 12.2. The monoisotopic (exact) mass is 274 g/mol. The third-order valence-electron chi connectivity index (χ3n) is 4.60. The highest BCUT2D eigenvalue weighted by Crippen LogP contribution is 2.47. The van der Waals surface area contributed by atoms with Gasteiger partial charge in [0.2, 0.25) is 0 Å². The molecule has 4 nitrogen and oxygen atoms in total. The van der Waals surface area contributed by atoms with Crippen LogP contribution in [0.3, 0.4) is 0 Å². The molecule has 0 N–H and O–H groups in total. The Bertz CT molecular complexity index is 428. The van der Waals surface area contributed by atoms with Gasteiger partial charge in [-0.1, -0.05) is 13.8 Å². The van der Waals surface area contributed by atoms with Gasteiger partial charge in [0.25, 0.3) is 10.1 Å². The third-order valence-corrected chi connectivity index (χ3v) is 5.20. The van der Waals surface area contributed by atoms with Gasteiger partial charge in [0.05, 0.1) is 12.4 Å². The fourth-order valence-corrected chi connectivity index (χ4v) is 4.40. The van der Waals surface area contributed by atoms with Crippen molar-refractivity contribution in [3.8, 4) is 0 Å². The molecule has 104 valence electrons. The zero-order valence-electron chi connectivity index (χ0n) is 11.3. The molecule has 0 spiro atoms. The molecule has 2 rings (SSSR count). The Morgan fingerprint density at radius 3 is 2.56 bits per heavy atom. The maximum absolute atomic E-state index is 12.2. The molecule has 2 aliphatic rings. The Morgan fingerprint density at radius 1 is 1.28 bits per heavy atom. The van der Waals surface area contributed by atoms with E-state index in [-0.39, 0.29) is 17.9 Å². The lowest BCUT2D eigenvalue weighted by molar-refractivity contribution is -0.125. The molecule has 0 aromatic rings. The van der Waals surface area contributed by atoms with E-state index in [4.69, 9.17) is 4.18 Å². The second-order valence-electron chi connectivity index (χ2n) is 5.96. The van der Waals surface area contributed by atoms with E-state index in [2.05, 4.69) is 6.92 Å². The Hall–Kier alpha value is -0.420. The summed E-state index contributed by atoms with van der Waals surface area (Å²) in [5, 5.41) is 0. The maximum atomic E-state index is 12.2. The standard InChI is InChI=1S/C13H22O4S/c1-8-5-4-6-11(14)13-9(2)12(7-10(8)13)17-18(3,15)16/h8-10,12-13H,4-7H2,1-3H3/t8-,9-,10-,12+,13+/m0/s1. The SMILES string of the molecule is C[C@@H]1[C@H]2C(=O)CCC[C@H](C)[C@@H]2C[C@H]1OS(C)(=O)=O. The third kappa shape index (κ3) is 2.77. The van der Waals surface area contributed by atoms with Crippen molar-refractivity contribution in [2.75, 3.05) is 6.26 Å². The van der Waals surface area contributed by atoms with E-state index in [1.54, 1.807) is 0 Å². The molecule has 2 saturated carbocycles. The van der Waals surface area contributed by atoms with E-state index in [0.29, 0.717) is 30.5 Å². The number of Topliss-reactive ketones (excluding diaryl/α,β-unsaturated/α-hetero) is 1. The van der Waals surface area contributed by atoms with Gasteiger partial charge < -0.3 is 0 Å². The van der Waals surface area contributed by atoms with Gasteiger partial charge >= 0.3 is 0 Å². The van der Waals surface area contributed by atoms with Crippen LogP contribution in [-0.2, 0) is 19.1 Å². The summed E-state index contributed by atoms with van der Waals surface area (Å²) >= 11 is 0. The largest absolute Gasteiger partial charge is 0.299 e. The van der Waals surface area contributed by atoms with Crippen LogP contribution < -0.4 is 0 Å². The van der Waals surface area contributed by atoms with Gasteiger partial charge in [0.1, 0.15) is 5.78 Å². The molecule has 2 fully saturated rings. The quantitative estimate of drug-likeness (QED) is 0.723. The van der Waals surface area contributed by atoms with Crippen molar-refractivity contribution in [3.05, 3.63) is 0 Å². The summed E-state index contributed by atoms with van der Waals surface area (Å²) in [6.45, 7) is 4.13. The first-order valence-electron chi connectivity index (χ1n) is 6.70. The Morgan fingerprint density at radius 2 is 1.94 bits per heavy atom. The molecule has 2 aliphatic carbocycles. The molecule has 0 aliphatic heterocycles. The van der Waals surface area contributed by atoms with Crippen LogP contribution in [0.15, 0.2) is 0 Å². The van der Waals surface area contributed by atoms with Crippen LogP contribution >= 0.6 is 0 Å². The number of rotatable bonds is 2. The minimum atomic E-state index is -3.44. The zero-order chi connectivity index (χ0) is 13.5. The predicted octanol–water partition coefficient (Wildman–Crippen LogP) is 1.99. The number of carbonyl (C=O) groups excluding carboxylic acids is 1. The van der Waals surface area contributed by atoms with E-state index in [1.165, 1.54) is 0 Å². The van der Waals surface area contributed by atoms with Crippen LogP contribution in [0.1, 0.15) is 39.5 Å². The molecular weight excluding hydrogens is 252 g/mol. The van der Waals surface area contributed by atoms with E-state index < -0.39 is 10.1 Å². The van der Waals surface area contributed by atoms with E-state index in [9.17, 15) is 13.2 Å². The van der Waals surface area contributed by atoms with Crippen molar-refractivity contribution in [3.63, 3.8) is 0 Å². The molecule has 5 heteroatoms. The molecular formula is C13H22O4S. The Kier molecular flexibility index (Phi) is 3.83. The number of hydrogen-bond acceptors (Lipinski definition) is 4. The van der Waals surface area contributed by atoms with Crippen molar-refractivity contribution in [1.29, 1.82) is 0 Å². The number of hydrogen-bond donors (Lipinski definition) is 0.